The van der Waals surface area contributed by atoms with Crippen LogP contribution in [0.5, 0.6) is 5.75 Å². The lowest BCUT2D eigenvalue weighted by Gasteiger charge is -2.08. The largest absolute Gasteiger partial charge is 0.484 e. The van der Waals surface area contributed by atoms with Gasteiger partial charge in [-0.3, -0.25) is 19.7 Å². The van der Waals surface area contributed by atoms with E-state index >= 15 is 0 Å². The Morgan fingerprint density at radius 2 is 1.76 bits per heavy atom. The highest BCUT2D eigenvalue weighted by Gasteiger charge is 2.17. The van der Waals surface area contributed by atoms with Crippen molar-refractivity contribution < 1.29 is 19.2 Å². The fourth-order valence-electron chi connectivity index (χ4n) is 3.13. The van der Waals surface area contributed by atoms with Gasteiger partial charge in [0.2, 0.25) is 0 Å². The van der Waals surface area contributed by atoms with Gasteiger partial charge in [0.25, 0.3) is 17.5 Å². The Balaban J connectivity index is 1.43. The molecule has 9 nitrogen and oxygen atoms in total. The molecular formula is C25H24N4O5. The zero-order chi connectivity index (χ0) is 24.3. The van der Waals surface area contributed by atoms with Crippen LogP contribution in [0.3, 0.4) is 0 Å². The van der Waals surface area contributed by atoms with Gasteiger partial charge in [0.1, 0.15) is 5.75 Å². The van der Waals surface area contributed by atoms with Crippen molar-refractivity contribution >= 4 is 23.7 Å². The molecule has 0 aromatic heterocycles. The highest BCUT2D eigenvalue weighted by Crippen LogP contribution is 2.20. The Labute approximate surface area is 196 Å². The number of carbonyl (C=O) groups excluding carboxylic acids is 2. The van der Waals surface area contributed by atoms with Crippen LogP contribution in [0.15, 0.2) is 77.9 Å². The minimum Gasteiger partial charge on any atom is -0.484 e. The number of nitrogens with one attached hydrogen (secondary N) is 2. The van der Waals surface area contributed by atoms with Crippen LogP contribution in [0, 0.1) is 17.0 Å². The maximum absolute atomic E-state index is 12.3. The molecule has 2 amide bonds. The molecule has 0 atom stereocenters. The number of nitrogens with zero attached hydrogens (tertiary/aromatic N) is 2. The van der Waals surface area contributed by atoms with Crippen molar-refractivity contribution in [2.75, 3.05) is 13.2 Å². The molecule has 0 aliphatic rings. The third-order valence-corrected chi connectivity index (χ3v) is 4.95. The van der Waals surface area contributed by atoms with E-state index in [0.717, 1.165) is 12.0 Å². The second-order valence-corrected chi connectivity index (χ2v) is 7.35. The summed E-state index contributed by atoms with van der Waals surface area (Å²) in [6, 6.07) is 21.0. The van der Waals surface area contributed by atoms with Gasteiger partial charge in [0.05, 0.1) is 16.7 Å². The summed E-state index contributed by atoms with van der Waals surface area (Å²) >= 11 is 0. The smallest absolute Gasteiger partial charge is 0.273 e. The minimum absolute atomic E-state index is 0.0964. The topological polar surface area (TPSA) is 123 Å². The van der Waals surface area contributed by atoms with Crippen molar-refractivity contribution in [3.63, 3.8) is 0 Å². The molecule has 3 rings (SSSR count). The first-order chi connectivity index (χ1) is 16.4. The molecule has 3 aromatic carbocycles. The Morgan fingerprint density at radius 3 is 2.47 bits per heavy atom. The Kier molecular flexibility index (Phi) is 8.45. The third kappa shape index (κ3) is 6.99. The predicted octanol–water partition coefficient (Wildman–Crippen LogP) is 3.40. The molecule has 0 heterocycles. The molecular weight excluding hydrogens is 436 g/mol. The number of benzene rings is 3. The summed E-state index contributed by atoms with van der Waals surface area (Å²) in [6.07, 6.45) is 2.18. The van der Waals surface area contributed by atoms with Crippen LogP contribution in [-0.2, 0) is 11.2 Å². The number of ether oxygens (including phenoxy) is 1. The van der Waals surface area contributed by atoms with Crippen molar-refractivity contribution in [1.29, 1.82) is 0 Å². The molecule has 0 aliphatic carbocycles. The van der Waals surface area contributed by atoms with E-state index in [1.54, 1.807) is 24.3 Å². The van der Waals surface area contributed by atoms with Crippen LogP contribution in [0.1, 0.15) is 27.0 Å². The average molecular weight is 460 g/mol. The van der Waals surface area contributed by atoms with E-state index in [2.05, 4.69) is 15.8 Å². The highest BCUT2D eigenvalue weighted by molar-refractivity contribution is 5.97. The van der Waals surface area contributed by atoms with Gasteiger partial charge in [-0.15, -0.1) is 0 Å². The number of nitro benzene ring substituents is 1. The molecule has 9 heteroatoms. The predicted molar refractivity (Wildman–Crippen MR) is 128 cm³/mol. The number of rotatable bonds is 10. The minimum atomic E-state index is -0.546. The van der Waals surface area contributed by atoms with E-state index in [9.17, 15) is 19.7 Å². The van der Waals surface area contributed by atoms with Gasteiger partial charge in [-0.1, -0.05) is 36.4 Å². The van der Waals surface area contributed by atoms with Crippen LogP contribution in [0.4, 0.5) is 5.69 Å². The van der Waals surface area contributed by atoms with Crippen molar-refractivity contribution in [3.8, 4) is 5.75 Å². The molecule has 2 N–H and O–H groups in total. The summed E-state index contributed by atoms with van der Waals surface area (Å²) in [7, 11) is 0. The molecule has 0 fully saturated rings. The van der Waals surface area contributed by atoms with Gasteiger partial charge in [-0.25, -0.2) is 5.43 Å². The quantitative estimate of drug-likeness (QED) is 0.273. The number of carbonyl (C=O) groups is 2. The van der Waals surface area contributed by atoms with Gasteiger partial charge in [0, 0.05) is 18.2 Å². The first-order valence-corrected chi connectivity index (χ1v) is 10.5. The van der Waals surface area contributed by atoms with Gasteiger partial charge in [-0.05, 0) is 54.8 Å². The van der Waals surface area contributed by atoms with Gasteiger partial charge >= 0.3 is 0 Å². The zero-order valence-electron chi connectivity index (χ0n) is 18.6. The van der Waals surface area contributed by atoms with Gasteiger partial charge < -0.3 is 10.1 Å². The van der Waals surface area contributed by atoms with Crippen molar-refractivity contribution in [1.82, 2.24) is 10.7 Å². The summed E-state index contributed by atoms with van der Waals surface area (Å²) in [5.41, 5.74) is 4.52. The van der Waals surface area contributed by atoms with Gasteiger partial charge in [0.15, 0.2) is 6.61 Å². The zero-order valence-corrected chi connectivity index (χ0v) is 18.6. The van der Waals surface area contributed by atoms with E-state index in [0.29, 0.717) is 17.9 Å². The molecule has 0 spiro atoms. The molecule has 0 unspecified atom stereocenters. The number of amides is 2. The molecule has 0 radical (unpaired) electrons. The summed E-state index contributed by atoms with van der Waals surface area (Å²) in [5, 5.41) is 17.7. The van der Waals surface area contributed by atoms with E-state index in [-0.39, 0.29) is 29.3 Å². The fraction of sp³-hybridized carbons (Fsp3) is 0.160. The average Bonchev–Trinajstić information content (AvgIpc) is 2.84. The fourth-order valence-corrected chi connectivity index (χ4v) is 3.13. The number of hydrazone groups is 1. The number of hydrogen-bond acceptors (Lipinski definition) is 6. The normalized spacial score (nSPS) is 10.6. The van der Waals surface area contributed by atoms with Crippen LogP contribution >= 0.6 is 0 Å². The number of nitro groups is 1. The van der Waals surface area contributed by atoms with Crippen molar-refractivity contribution in [3.05, 3.63) is 105 Å². The number of hydrogen-bond donors (Lipinski definition) is 2. The Bertz CT molecular complexity index is 1180. The van der Waals surface area contributed by atoms with Crippen LogP contribution in [0.25, 0.3) is 0 Å². The lowest BCUT2D eigenvalue weighted by molar-refractivity contribution is -0.385. The van der Waals surface area contributed by atoms with Crippen LogP contribution in [-0.4, -0.2) is 36.1 Å². The SMILES string of the molecule is Cc1c(C(=O)N/N=C/c2ccc(OCC(=O)NCCc3ccccc3)cc2)cccc1[N+](=O)[O-]. The lowest BCUT2D eigenvalue weighted by atomic mass is 10.1. The lowest BCUT2D eigenvalue weighted by Crippen LogP contribution is -2.30. The molecule has 0 saturated heterocycles. The summed E-state index contributed by atoms with van der Waals surface area (Å²) in [6.45, 7) is 1.95. The highest BCUT2D eigenvalue weighted by atomic mass is 16.6. The second kappa shape index (κ2) is 11.9. The monoisotopic (exact) mass is 460 g/mol. The molecule has 0 bridgehead atoms. The van der Waals surface area contributed by atoms with Crippen LogP contribution in [0.2, 0.25) is 0 Å². The molecule has 3 aromatic rings. The van der Waals surface area contributed by atoms with Crippen molar-refractivity contribution in [2.45, 2.75) is 13.3 Å². The van der Waals surface area contributed by atoms with E-state index in [4.69, 9.17) is 4.74 Å². The maximum atomic E-state index is 12.3. The molecule has 0 saturated carbocycles. The van der Waals surface area contributed by atoms with Crippen LogP contribution < -0.4 is 15.5 Å². The summed E-state index contributed by atoms with van der Waals surface area (Å²) in [4.78, 5) is 34.7. The molecule has 174 valence electrons. The standard InChI is InChI=1S/C25H24N4O5/c1-18-22(8-5-9-23(18)29(32)33)25(31)28-27-16-20-10-12-21(13-11-20)34-17-24(30)26-15-14-19-6-3-2-4-7-19/h2-13,16H,14-15,17H2,1H3,(H,26,30)(H,28,31)/b27-16+. The maximum Gasteiger partial charge on any atom is 0.273 e. The Hall–Kier alpha value is -4.53. The van der Waals surface area contributed by atoms with Crippen molar-refractivity contribution in [2.24, 2.45) is 5.10 Å². The molecule has 0 aliphatic heterocycles. The van der Waals surface area contributed by atoms with E-state index in [1.807, 2.05) is 30.3 Å². The first kappa shape index (κ1) is 24.1. The third-order valence-electron chi connectivity index (χ3n) is 4.95. The summed E-state index contributed by atoms with van der Waals surface area (Å²) < 4.78 is 5.49. The van der Waals surface area contributed by atoms with Gasteiger partial charge in [-0.2, -0.15) is 5.10 Å². The summed E-state index contributed by atoms with van der Waals surface area (Å²) in [5.74, 6) is -0.233. The molecule has 34 heavy (non-hydrogen) atoms. The Morgan fingerprint density at radius 1 is 1.03 bits per heavy atom. The van der Waals surface area contributed by atoms with E-state index in [1.165, 1.54) is 31.3 Å². The van der Waals surface area contributed by atoms with E-state index < -0.39 is 10.8 Å². The first-order valence-electron chi connectivity index (χ1n) is 10.5. The second-order valence-electron chi connectivity index (χ2n) is 7.35.